The van der Waals surface area contributed by atoms with Gasteiger partial charge >= 0.3 is 5.97 Å². The normalized spacial score (nSPS) is 13.3. The van der Waals surface area contributed by atoms with Gasteiger partial charge in [0.15, 0.2) is 17.6 Å². The first-order valence-electron chi connectivity index (χ1n) is 9.78. The zero-order valence-electron chi connectivity index (χ0n) is 16.9. The summed E-state index contributed by atoms with van der Waals surface area (Å²) in [6, 6.07) is 12.3. The lowest BCUT2D eigenvalue weighted by molar-refractivity contribution is -0.123. The van der Waals surface area contributed by atoms with E-state index in [-0.39, 0.29) is 0 Å². The van der Waals surface area contributed by atoms with Crippen molar-refractivity contribution in [3.05, 3.63) is 48.0 Å². The quantitative estimate of drug-likeness (QED) is 0.720. The first-order valence-corrected chi connectivity index (χ1v) is 9.78. The number of hydrogen-bond donors (Lipinski definition) is 1. The molecule has 1 atom stereocenters. The van der Waals surface area contributed by atoms with Crippen molar-refractivity contribution in [2.45, 2.75) is 26.9 Å². The highest BCUT2D eigenvalue weighted by Crippen LogP contribution is 2.32. The molecule has 0 saturated carbocycles. The van der Waals surface area contributed by atoms with Crippen molar-refractivity contribution in [1.29, 1.82) is 0 Å². The molecule has 0 spiro atoms. The summed E-state index contributed by atoms with van der Waals surface area (Å²) in [7, 11) is 0. The van der Waals surface area contributed by atoms with Crippen LogP contribution >= 0.6 is 0 Å². The molecule has 7 heteroatoms. The van der Waals surface area contributed by atoms with Gasteiger partial charge in [0.2, 0.25) is 0 Å². The molecule has 29 heavy (non-hydrogen) atoms. The average Bonchev–Trinajstić information content (AvgIpc) is 2.75. The zero-order chi connectivity index (χ0) is 20.8. The van der Waals surface area contributed by atoms with Crippen LogP contribution in [-0.4, -0.2) is 44.3 Å². The van der Waals surface area contributed by atoms with Crippen LogP contribution in [0.5, 0.6) is 11.5 Å². The second-order valence-electron chi connectivity index (χ2n) is 6.61. The van der Waals surface area contributed by atoms with Gasteiger partial charge in [-0.05, 0) is 57.2 Å². The highest BCUT2D eigenvalue weighted by molar-refractivity contribution is 5.97. The fourth-order valence-corrected chi connectivity index (χ4v) is 3.04. The Kier molecular flexibility index (Phi) is 6.59. The van der Waals surface area contributed by atoms with Gasteiger partial charge < -0.3 is 24.4 Å². The fraction of sp³-hybridized carbons (Fsp3) is 0.364. The van der Waals surface area contributed by atoms with Crippen molar-refractivity contribution < 1.29 is 23.8 Å². The predicted octanol–water partition coefficient (Wildman–Crippen LogP) is 3.49. The lowest BCUT2D eigenvalue weighted by Crippen LogP contribution is -2.30. The van der Waals surface area contributed by atoms with E-state index in [0.29, 0.717) is 36.0 Å². The van der Waals surface area contributed by atoms with Crippen LogP contribution in [0, 0.1) is 0 Å². The molecule has 0 unspecified atom stereocenters. The minimum Gasteiger partial charge on any atom is -0.486 e. The molecule has 154 valence electrons. The number of rotatable bonds is 7. The number of nitrogens with one attached hydrogen (secondary N) is 1. The number of fused-ring (bicyclic) bond motifs is 1. The Morgan fingerprint density at radius 1 is 1.03 bits per heavy atom. The van der Waals surface area contributed by atoms with Crippen molar-refractivity contribution in [1.82, 2.24) is 0 Å². The topological polar surface area (TPSA) is 77.1 Å². The van der Waals surface area contributed by atoms with Crippen LogP contribution in [0.3, 0.4) is 0 Å². The largest absolute Gasteiger partial charge is 0.486 e. The maximum absolute atomic E-state index is 12.4. The molecule has 1 aliphatic heterocycles. The van der Waals surface area contributed by atoms with Gasteiger partial charge in [0.25, 0.3) is 5.91 Å². The summed E-state index contributed by atoms with van der Waals surface area (Å²) in [5, 5.41) is 2.73. The number of esters is 1. The Morgan fingerprint density at radius 2 is 1.69 bits per heavy atom. The minimum absolute atomic E-state index is 0.403. The first kappa shape index (κ1) is 20.5. The standard InChI is InChI=1S/C22H26N2O5/c1-4-24(5-2)18-9-6-16(7-10-18)22(26)29-15(3)21(25)23-17-8-11-19-20(14-17)28-13-12-27-19/h6-11,14-15H,4-5,12-13H2,1-3H3,(H,23,25)/t15-/m0/s1. The maximum atomic E-state index is 12.4. The van der Waals surface area contributed by atoms with E-state index in [1.54, 1.807) is 30.3 Å². The monoisotopic (exact) mass is 398 g/mol. The molecule has 1 amide bonds. The molecule has 0 aliphatic carbocycles. The van der Waals surface area contributed by atoms with Gasteiger partial charge in [-0.3, -0.25) is 4.79 Å². The van der Waals surface area contributed by atoms with Gasteiger partial charge in [-0.2, -0.15) is 0 Å². The molecular weight excluding hydrogens is 372 g/mol. The minimum atomic E-state index is -0.946. The van der Waals surface area contributed by atoms with E-state index in [0.717, 1.165) is 18.8 Å². The third kappa shape index (κ3) is 4.99. The average molecular weight is 398 g/mol. The van der Waals surface area contributed by atoms with E-state index < -0.39 is 18.0 Å². The fourth-order valence-electron chi connectivity index (χ4n) is 3.04. The van der Waals surface area contributed by atoms with Crippen molar-refractivity contribution in [3.8, 4) is 11.5 Å². The number of benzene rings is 2. The van der Waals surface area contributed by atoms with E-state index in [1.807, 2.05) is 12.1 Å². The van der Waals surface area contributed by atoms with E-state index in [4.69, 9.17) is 14.2 Å². The number of amides is 1. The number of anilines is 2. The van der Waals surface area contributed by atoms with E-state index in [2.05, 4.69) is 24.1 Å². The third-order valence-corrected chi connectivity index (χ3v) is 4.69. The molecule has 2 aromatic carbocycles. The zero-order valence-corrected chi connectivity index (χ0v) is 16.9. The Hall–Kier alpha value is -3.22. The van der Waals surface area contributed by atoms with Crippen LogP contribution < -0.4 is 19.7 Å². The molecule has 1 N–H and O–H groups in total. The highest BCUT2D eigenvalue weighted by atomic mass is 16.6. The smallest absolute Gasteiger partial charge is 0.338 e. The van der Waals surface area contributed by atoms with E-state index in [9.17, 15) is 9.59 Å². The molecule has 2 aromatic rings. The van der Waals surface area contributed by atoms with Crippen molar-refractivity contribution >= 4 is 23.3 Å². The SMILES string of the molecule is CCN(CC)c1ccc(C(=O)O[C@@H](C)C(=O)Nc2ccc3c(c2)OCCO3)cc1. The summed E-state index contributed by atoms with van der Waals surface area (Å²) < 4.78 is 16.3. The number of carbonyl (C=O) groups is 2. The lowest BCUT2D eigenvalue weighted by atomic mass is 10.2. The van der Waals surface area contributed by atoms with Crippen molar-refractivity contribution in [3.63, 3.8) is 0 Å². The Morgan fingerprint density at radius 3 is 2.34 bits per heavy atom. The van der Waals surface area contributed by atoms with E-state index in [1.165, 1.54) is 6.92 Å². The van der Waals surface area contributed by atoms with Crippen LogP contribution in [0.4, 0.5) is 11.4 Å². The predicted molar refractivity (Wildman–Crippen MR) is 111 cm³/mol. The summed E-state index contributed by atoms with van der Waals surface area (Å²) in [6.45, 7) is 8.43. The number of nitrogens with zero attached hydrogens (tertiary/aromatic N) is 1. The summed E-state index contributed by atoms with van der Waals surface area (Å²) >= 11 is 0. The van der Waals surface area contributed by atoms with Crippen LogP contribution in [-0.2, 0) is 9.53 Å². The molecular formula is C22H26N2O5. The summed E-state index contributed by atoms with van der Waals surface area (Å²) in [4.78, 5) is 27.0. The molecule has 0 aromatic heterocycles. The van der Waals surface area contributed by atoms with Crippen molar-refractivity contribution in [2.75, 3.05) is 36.5 Å². The Bertz CT molecular complexity index is 862. The number of ether oxygens (including phenoxy) is 3. The van der Waals surface area contributed by atoms with Crippen LogP contribution in [0.25, 0.3) is 0 Å². The summed E-state index contributed by atoms with van der Waals surface area (Å²) in [5.74, 6) is 0.254. The second-order valence-corrected chi connectivity index (χ2v) is 6.61. The van der Waals surface area contributed by atoms with E-state index >= 15 is 0 Å². The molecule has 1 aliphatic rings. The molecule has 1 heterocycles. The van der Waals surface area contributed by atoms with Crippen LogP contribution in [0.15, 0.2) is 42.5 Å². The number of carbonyl (C=O) groups excluding carboxylic acids is 2. The Labute approximate surface area is 170 Å². The molecule has 7 nitrogen and oxygen atoms in total. The first-order chi connectivity index (χ1) is 14.0. The molecule has 0 radical (unpaired) electrons. The third-order valence-electron chi connectivity index (χ3n) is 4.69. The highest BCUT2D eigenvalue weighted by Gasteiger charge is 2.20. The lowest BCUT2D eigenvalue weighted by Gasteiger charge is -2.21. The Balaban J connectivity index is 1.58. The van der Waals surface area contributed by atoms with Gasteiger partial charge in [-0.25, -0.2) is 4.79 Å². The van der Waals surface area contributed by atoms with Gasteiger partial charge in [0, 0.05) is 30.5 Å². The van der Waals surface area contributed by atoms with Crippen LogP contribution in [0.1, 0.15) is 31.1 Å². The maximum Gasteiger partial charge on any atom is 0.338 e. The van der Waals surface area contributed by atoms with Crippen molar-refractivity contribution in [2.24, 2.45) is 0 Å². The molecule has 3 rings (SSSR count). The molecule has 0 bridgehead atoms. The molecule has 0 saturated heterocycles. The van der Waals surface area contributed by atoms with Crippen LogP contribution in [0.2, 0.25) is 0 Å². The van der Waals surface area contributed by atoms with Gasteiger partial charge in [-0.15, -0.1) is 0 Å². The summed E-state index contributed by atoms with van der Waals surface area (Å²) in [5.41, 5.74) is 1.99. The van der Waals surface area contributed by atoms with Gasteiger partial charge in [0.1, 0.15) is 13.2 Å². The number of hydrogen-bond acceptors (Lipinski definition) is 6. The second kappa shape index (κ2) is 9.32. The summed E-state index contributed by atoms with van der Waals surface area (Å²) in [6.07, 6.45) is -0.946. The molecule has 0 fully saturated rings. The van der Waals surface area contributed by atoms with Gasteiger partial charge in [-0.1, -0.05) is 0 Å². The van der Waals surface area contributed by atoms with Gasteiger partial charge in [0.05, 0.1) is 5.56 Å².